The number of benzene rings is 2. The average Bonchev–Trinajstić information content (AvgIpc) is 3.08. The molecule has 0 bridgehead atoms. The van der Waals surface area contributed by atoms with Crippen LogP contribution in [0, 0.1) is 0 Å². The third-order valence-electron chi connectivity index (χ3n) is 3.78. The third kappa shape index (κ3) is 3.44. The van der Waals surface area contributed by atoms with Crippen molar-refractivity contribution in [3.8, 4) is 0 Å². The van der Waals surface area contributed by atoms with Crippen molar-refractivity contribution in [1.82, 2.24) is 18.6 Å². The minimum absolute atomic E-state index is 0.821. The Morgan fingerprint density at radius 2 is 1.88 bits per heavy atom. The molecule has 0 spiro atoms. The zero-order valence-electron chi connectivity index (χ0n) is 13.9. The maximum absolute atomic E-state index is 4.84. The van der Waals surface area contributed by atoms with E-state index in [2.05, 4.69) is 62.8 Å². The van der Waals surface area contributed by atoms with E-state index in [9.17, 15) is 0 Å². The van der Waals surface area contributed by atoms with Crippen molar-refractivity contribution in [2.24, 2.45) is 0 Å². The van der Waals surface area contributed by atoms with Crippen LogP contribution < -0.4 is 4.72 Å². The summed E-state index contributed by atoms with van der Waals surface area (Å²) in [5, 5.41) is 1.13. The number of nitrogens with zero attached hydrogens (tertiary/aromatic N) is 4. The lowest BCUT2D eigenvalue weighted by molar-refractivity contribution is 0.397. The number of pyridine rings is 1. The molecule has 7 heteroatoms. The number of nitrogens with one attached hydrogen (secondary N) is 1. The molecule has 2 aromatic heterocycles. The van der Waals surface area contributed by atoms with Gasteiger partial charge in [0.05, 0.1) is 33.5 Å². The van der Waals surface area contributed by atoms with Gasteiger partial charge >= 0.3 is 0 Å². The first-order chi connectivity index (χ1) is 12.2. The molecule has 4 aromatic rings. The van der Waals surface area contributed by atoms with Gasteiger partial charge in [-0.2, -0.15) is 8.75 Å². The predicted molar refractivity (Wildman–Crippen MR) is 106 cm³/mol. The smallest absolute Gasteiger partial charge is 0.120 e. The maximum Gasteiger partial charge on any atom is 0.120 e. The van der Waals surface area contributed by atoms with Crippen molar-refractivity contribution in [2.45, 2.75) is 11.4 Å². The summed E-state index contributed by atoms with van der Waals surface area (Å²) in [4.78, 5) is 8.02. The molecule has 126 valence electrons. The van der Waals surface area contributed by atoms with E-state index in [1.165, 1.54) is 11.7 Å². The van der Waals surface area contributed by atoms with E-state index in [-0.39, 0.29) is 0 Å². The minimum atomic E-state index is 0.821. The lowest BCUT2D eigenvalue weighted by atomic mass is 10.2. The Morgan fingerprint density at radius 3 is 2.76 bits per heavy atom. The molecule has 4 rings (SSSR count). The van der Waals surface area contributed by atoms with E-state index >= 15 is 0 Å². The number of para-hydroxylation sites is 1. The Hall–Kier alpha value is -2.22. The molecular weight excluding hydrogens is 350 g/mol. The van der Waals surface area contributed by atoms with Gasteiger partial charge in [0.1, 0.15) is 11.0 Å². The Bertz CT molecular complexity index is 1030. The van der Waals surface area contributed by atoms with Gasteiger partial charge in [0, 0.05) is 11.9 Å². The molecule has 1 N–H and O–H groups in total. The highest BCUT2D eigenvalue weighted by Gasteiger charge is 2.08. The average molecular weight is 368 g/mol. The van der Waals surface area contributed by atoms with E-state index in [1.807, 2.05) is 18.2 Å². The monoisotopic (exact) mass is 367 g/mol. The fourth-order valence-electron chi connectivity index (χ4n) is 2.66. The van der Waals surface area contributed by atoms with Crippen LogP contribution in [0.3, 0.4) is 0 Å². The van der Waals surface area contributed by atoms with Gasteiger partial charge < -0.3 is 9.62 Å². The van der Waals surface area contributed by atoms with Crippen molar-refractivity contribution in [3.05, 3.63) is 54.2 Å². The second-order valence-corrected chi connectivity index (χ2v) is 7.39. The van der Waals surface area contributed by atoms with Crippen LogP contribution in [0.15, 0.2) is 53.4 Å². The third-order valence-corrected chi connectivity index (χ3v) is 5.19. The van der Waals surface area contributed by atoms with Gasteiger partial charge in [-0.15, -0.1) is 0 Å². The molecule has 0 radical (unpaired) electrons. The van der Waals surface area contributed by atoms with Gasteiger partial charge in [-0.25, -0.2) is 4.98 Å². The lowest BCUT2D eigenvalue weighted by Crippen LogP contribution is -2.11. The second-order valence-electron chi connectivity index (χ2n) is 6.01. The minimum Gasteiger partial charge on any atom is -0.324 e. The molecule has 0 saturated carbocycles. The standard InChI is InChI=1S/C18H17N5S2/c1-23(2)11-13-10-9-12-5-3-6-14(17(12)19-13)20-24-16-8-4-7-15-18(16)22-25-21-15/h3-10,20H,11H2,1-2H3. The maximum atomic E-state index is 4.84. The summed E-state index contributed by atoms with van der Waals surface area (Å²) in [7, 11) is 4.10. The van der Waals surface area contributed by atoms with Crippen molar-refractivity contribution < 1.29 is 0 Å². The largest absolute Gasteiger partial charge is 0.324 e. The van der Waals surface area contributed by atoms with Crippen LogP contribution in [-0.4, -0.2) is 32.7 Å². The SMILES string of the molecule is CN(C)Cc1ccc2cccc(NSc3cccc4nsnc34)c2n1. The van der Waals surface area contributed by atoms with Gasteiger partial charge in [-0.1, -0.05) is 24.3 Å². The quantitative estimate of drug-likeness (QED) is 0.527. The summed E-state index contributed by atoms with van der Waals surface area (Å²) >= 11 is 2.79. The lowest BCUT2D eigenvalue weighted by Gasteiger charge is -2.12. The summed E-state index contributed by atoms with van der Waals surface area (Å²) in [6, 6.07) is 16.4. The zero-order chi connectivity index (χ0) is 17.2. The van der Waals surface area contributed by atoms with Crippen molar-refractivity contribution in [2.75, 3.05) is 18.8 Å². The number of anilines is 1. The molecule has 0 atom stereocenters. The summed E-state index contributed by atoms with van der Waals surface area (Å²) in [5.74, 6) is 0. The Balaban J connectivity index is 1.65. The van der Waals surface area contributed by atoms with E-state index in [4.69, 9.17) is 4.98 Å². The summed E-state index contributed by atoms with van der Waals surface area (Å²) in [5.41, 5.74) is 4.91. The number of rotatable bonds is 5. The van der Waals surface area contributed by atoms with Crippen LogP contribution in [0.5, 0.6) is 0 Å². The summed E-state index contributed by atoms with van der Waals surface area (Å²) in [6.07, 6.45) is 0. The van der Waals surface area contributed by atoms with Gasteiger partial charge in [0.2, 0.25) is 0 Å². The predicted octanol–water partition coefficient (Wildman–Crippen LogP) is 4.42. The molecule has 0 fully saturated rings. The number of hydrogen-bond acceptors (Lipinski definition) is 7. The van der Waals surface area contributed by atoms with Crippen molar-refractivity contribution in [1.29, 1.82) is 0 Å². The van der Waals surface area contributed by atoms with Crippen LogP contribution in [-0.2, 0) is 6.54 Å². The fourth-order valence-corrected chi connectivity index (χ4v) is 4.04. The second kappa shape index (κ2) is 6.95. The molecule has 0 saturated heterocycles. The van der Waals surface area contributed by atoms with Crippen LogP contribution in [0.25, 0.3) is 21.9 Å². The molecule has 0 amide bonds. The van der Waals surface area contributed by atoms with Crippen LogP contribution in [0.4, 0.5) is 5.69 Å². The number of fused-ring (bicyclic) bond motifs is 2. The fraction of sp³-hybridized carbons (Fsp3) is 0.167. The first kappa shape index (κ1) is 16.3. The number of hydrogen-bond donors (Lipinski definition) is 1. The Labute approximate surface area is 154 Å². The molecule has 25 heavy (non-hydrogen) atoms. The molecular formula is C18H17N5S2. The highest BCUT2D eigenvalue weighted by Crippen LogP contribution is 2.30. The van der Waals surface area contributed by atoms with Gasteiger partial charge in [-0.3, -0.25) is 0 Å². The van der Waals surface area contributed by atoms with Crippen LogP contribution in [0.2, 0.25) is 0 Å². The van der Waals surface area contributed by atoms with E-state index in [0.29, 0.717) is 0 Å². The van der Waals surface area contributed by atoms with Crippen molar-refractivity contribution in [3.63, 3.8) is 0 Å². The normalized spacial score (nSPS) is 11.5. The van der Waals surface area contributed by atoms with Crippen molar-refractivity contribution >= 4 is 51.3 Å². The molecule has 5 nitrogen and oxygen atoms in total. The van der Waals surface area contributed by atoms with E-state index < -0.39 is 0 Å². The highest BCUT2D eigenvalue weighted by atomic mass is 32.2. The van der Waals surface area contributed by atoms with Crippen LogP contribution in [0.1, 0.15) is 5.69 Å². The van der Waals surface area contributed by atoms with Gasteiger partial charge in [-0.05, 0) is 50.3 Å². The highest BCUT2D eigenvalue weighted by molar-refractivity contribution is 8.00. The Morgan fingerprint density at radius 1 is 1.00 bits per heavy atom. The Kier molecular flexibility index (Phi) is 4.52. The summed E-state index contributed by atoms with van der Waals surface area (Å²) in [6.45, 7) is 0.821. The molecule has 2 aromatic carbocycles. The van der Waals surface area contributed by atoms with Gasteiger partial charge in [0.15, 0.2) is 0 Å². The first-order valence-corrected chi connectivity index (χ1v) is 9.43. The van der Waals surface area contributed by atoms with Crippen LogP contribution >= 0.6 is 23.7 Å². The van der Waals surface area contributed by atoms with E-state index in [1.54, 1.807) is 11.9 Å². The van der Waals surface area contributed by atoms with E-state index in [0.717, 1.165) is 44.8 Å². The molecule has 0 aliphatic heterocycles. The molecule has 0 aliphatic carbocycles. The molecule has 2 heterocycles. The van der Waals surface area contributed by atoms with Gasteiger partial charge in [0.25, 0.3) is 0 Å². The summed E-state index contributed by atoms with van der Waals surface area (Å²) < 4.78 is 12.1. The zero-order valence-corrected chi connectivity index (χ0v) is 15.6. The molecule has 0 unspecified atom stereocenters. The first-order valence-electron chi connectivity index (χ1n) is 7.88. The topological polar surface area (TPSA) is 53.9 Å². The molecule has 0 aliphatic rings. The number of aromatic nitrogens is 3.